The van der Waals surface area contributed by atoms with Gasteiger partial charge in [-0.3, -0.25) is 9.59 Å². The quantitative estimate of drug-likeness (QED) is 0.664. The highest BCUT2D eigenvalue weighted by Gasteiger charge is 2.17. The Hall–Kier alpha value is -0.810. The Morgan fingerprint density at radius 3 is 2.41 bits per heavy atom. The molecular weight excluding hydrogens is 302 g/mol. The number of carbonyl (C=O) groups is 2. The van der Waals surface area contributed by atoms with Crippen LogP contribution in [0, 0.1) is 11.8 Å². The lowest BCUT2D eigenvalue weighted by Gasteiger charge is -2.20. The van der Waals surface area contributed by atoms with Gasteiger partial charge in [0.25, 0.3) is 0 Å². The highest BCUT2D eigenvalue weighted by atomic mass is 35.5. The van der Waals surface area contributed by atoms with Gasteiger partial charge in [-0.1, -0.05) is 19.3 Å². The van der Waals surface area contributed by atoms with E-state index in [4.69, 9.17) is 0 Å². The molecule has 1 aliphatic heterocycles. The van der Waals surface area contributed by atoms with Crippen molar-refractivity contribution in [3.8, 4) is 0 Å². The van der Waals surface area contributed by atoms with Crippen molar-refractivity contribution in [2.24, 2.45) is 11.8 Å². The van der Waals surface area contributed by atoms with Crippen molar-refractivity contribution in [2.45, 2.75) is 51.4 Å². The SMILES string of the molecule is Cl.O=C(CNC(=O)CC1CCCCC1)NCCC1CCNC1. The maximum Gasteiger partial charge on any atom is 0.239 e. The molecule has 0 aromatic rings. The Morgan fingerprint density at radius 2 is 1.73 bits per heavy atom. The minimum absolute atomic E-state index is 0. The first-order chi connectivity index (χ1) is 10.2. The van der Waals surface area contributed by atoms with E-state index < -0.39 is 0 Å². The van der Waals surface area contributed by atoms with Crippen LogP contribution in [0.4, 0.5) is 0 Å². The van der Waals surface area contributed by atoms with Gasteiger partial charge in [-0.2, -0.15) is 0 Å². The van der Waals surface area contributed by atoms with Crippen LogP contribution in [0.5, 0.6) is 0 Å². The van der Waals surface area contributed by atoms with E-state index in [1.54, 1.807) is 0 Å². The predicted molar refractivity (Wildman–Crippen MR) is 90.1 cm³/mol. The molecular formula is C16H30ClN3O2. The standard InChI is InChI=1S/C16H29N3O2.ClH/c20-15(10-13-4-2-1-3-5-13)19-12-16(21)18-9-7-14-6-8-17-11-14;/h13-14,17H,1-12H2,(H,18,21)(H,19,20);1H. The van der Waals surface area contributed by atoms with Crippen LogP contribution in [0.1, 0.15) is 51.4 Å². The molecule has 5 nitrogen and oxygen atoms in total. The highest BCUT2D eigenvalue weighted by Crippen LogP contribution is 2.25. The molecule has 6 heteroatoms. The fourth-order valence-corrected chi connectivity index (χ4v) is 3.34. The molecule has 1 aliphatic carbocycles. The lowest BCUT2D eigenvalue weighted by atomic mass is 9.87. The van der Waals surface area contributed by atoms with Crippen LogP contribution in [0.15, 0.2) is 0 Å². The summed E-state index contributed by atoms with van der Waals surface area (Å²) in [6.07, 6.45) is 8.92. The lowest BCUT2D eigenvalue weighted by Crippen LogP contribution is -2.38. The van der Waals surface area contributed by atoms with E-state index in [0.717, 1.165) is 32.4 Å². The molecule has 0 aromatic carbocycles. The zero-order chi connectivity index (χ0) is 14.9. The molecule has 1 heterocycles. The summed E-state index contributed by atoms with van der Waals surface area (Å²) < 4.78 is 0. The first-order valence-corrected chi connectivity index (χ1v) is 8.48. The van der Waals surface area contributed by atoms with E-state index in [1.165, 1.54) is 25.7 Å². The van der Waals surface area contributed by atoms with Crippen LogP contribution < -0.4 is 16.0 Å². The van der Waals surface area contributed by atoms with E-state index in [-0.39, 0.29) is 30.8 Å². The van der Waals surface area contributed by atoms with Gasteiger partial charge < -0.3 is 16.0 Å². The van der Waals surface area contributed by atoms with Gasteiger partial charge in [-0.05, 0) is 50.6 Å². The average molecular weight is 332 g/mol. The molecule has 2 amide bonds. The molecule has 1 saturated heterocycles. The molecule has 1 saturated carbocycles. The summed E-state index contributed by atoms with van der Waals surface area (Å²) >= 11 is 0. The third-order valence-corrected chi connectivity index (χ3v) is 4.68. The number of hydrogen-bond donors (Lipinski definition) is 3. The van der Waals surface area contributed by atoms with Gasteiger partial charge in [0.2, 0.25) is 11.8 Å². The van der Waals surface area contributed by atoms with Gasteiger partial charge in [-0.15, -0.1) is 12.4 Å². The second-order valence-corrected chi connectivity index (χ2v) is 6.48. The summed E-state index contributed by atoms with van der Waals surface area (Å²) in [6.45, 7) is 2.99. The second kappa shape index (κ2) is 10.8. The smallest absolute Gasteiger partial charge is 0.239 e. The fourth-order valence-electron chi connectivity index (χ4n) is 3.34. The number of rotatable bonds is 7. The van der Waals surface area contributed by atoms with Gasteiger partial charge in [0.05, 0.1) is 6.54 Å². The third kappa shape index (κ3) is 7.45. The third-order valence-electron chi connectivity index (χ3n) is 4.68. The summed E-state index contributed by atoms with van der Waals surface area (Å²) in [5.74, 6) is 1.16. The van der Waals surface area contributed by atoms with E-state index in [2.05, 4.69) is 16.0 Å². The van der Waals surface area contributed by atoms with Crippen LogP contribution in [-0.4, -0.2) is 38.0 Å². The van der Waals surface area contributed by atoms with Crippen LogP contribution in [0.25, 0.3) is 0 Å². The van der Waals surface area contributed by atoms with E-state index in [1.807, 2.05) is 0 Å². The molecule has 1 atom stereocenters. The van der Waals surface area contributed by atoms with E-state index in [0.29, 0.717) is 24.8 Å². The molecule has 1 unspecified atom stereocenters. The minimum Gasteiger partial charge on any atom is -0.355 e. The zero-order valence-corrected chi connectivity index (χ0v) is 14.2. The predicted octanol–water partition coefficient (Wildman–Crippen LogP) is 1.61. The van der Waals surface area contributed by atoms with Gasteiger partial charge >= 0.3 is 0 Å². The number of nitrogens with one attached hydrogen (secondary N) is 3. The summed E-state index contributed by atoms with van der Waals surface area (Å²) in [4.78, 5) is 23.5. The number of halogens is 1. The number of carbonyl (C=O) groups excluding carboxylic acids is 2. The topological polar surface area (TPSA) is 70.2 Å². The van der Waals surface area contributed by atoms with Crippen LogP contribution >= 0.6 is 12.4 Å². The van der Waals surface area contributed by atoms with E-state index in [9.17, 15) is 9.59 Å². The van der Waals surface area contributed by atoms with Crippen molar-refractivity contribution in [3.05, 3.63) is 0 Å². The maximum absolute atomic E-state index is 11.8. The molecule has 3 N–H and O–H groups in total. The van der Waals surface area contributed by atoms with Gasteiger partial charge in [0, 0.05) is 13.0 Å². The Balaban J connectivity index is 0.00000242. The molecule has 2 aliphatic rings. The van der Waals surface area contributed by atoms with Crippen LogP contribution in [0.3, 0.4) is 0 Å². The normalized spacial score (nSPS) is 21.9. The molecule has 0 aromatic heterocycles. The van der Waals surface area contributed by atoms with Crippen molar-refractivity contribution in [3.63, 3.8) is 0 Å². The molecule has 128 valence electrons. The second-order valence-electron chi connectivity index (χ2n) is 6.48. The molecule has 0 spiro atoms. The Bertz CT molecular complexity index is 340. The molecule has 0 bridgehead atoms. The highest BCUT2D eigenvalue weighted by molar-refractivity contribution is 5.85. The van der Waals surface area contributed by atoms with Crippen molar-refractivity contribution in [1.29, 1.82) is 0 Å². The molecule has 2 rings (SSSR count). The summed E-state index contributed by atoms with van der Waals surface area (Å²) in [5, 5.41) is 8.95. The Morgan fingerprint density at radius 1 is 0.955 bits per heavy atom. The fraction of sp³-hybridized carbons (Fsp3) is 0.875. The molecule has 0 radical (unpaired) electrons. The first kappa shape index (κ1) is 19.2. The van der Waals surface area contributed by atoms with Crippen LogP contribution in [-0.2, 0) is 9.59 Å². The van der Waals surface area contributed by atoms with Crippen molar-refractivity contribution in [2.75, 3.05) is 26.2 Å². The maximum atomic E-state index is 11.8. The van der Waals surface area contributed by atoms with Crippen molar-refractivity contribution >= 4 is 24.2 Å². The van der Waals surface area contributed by atoms with Gasteiger partial charge in [-0.25, -0.2) is 0 Å². The van der Waals surface area contributed by atoms with Crippen LogP contribution in [0.2, 0.25) is 0 Å². The number of amides is 2. The summed E-state index contributed by atoms with van der Waals surface area (Å²) in [5.41, 5.74) is 0. The average Bonchev–Trinajstić information content (AvgIpc) is 2.99. The number of hydrogen-bond acceptors (Lipinski definition) is 3. The Labute approximate surface area is 139 Å². The lowest BCUT2D eigenvalue weighted by molar-refractivity contribution is -0.126. The Kier molecular flexibility index (Phi) is 9.48. The minimum atomic E-state index is -0.0713. The summed E-state index contributed by atoms with van der Waals surface area (Å²) in [7, 11) is 0. The monoisotopic (exact) mass is 331 g/mol. The largest absolute Gasteiger partial charge is 0.355 e. The van der Waals surface area contributed by atoms with Crippen molar-refractivity contribution < 1.29 is 9.59 Å². The van der Waals surface area contributed by atoms with Gasteiger partial charge in [0.15, 0.2) is 0 Å². The van der Waals surface area contributed by atoms with E-state index >= 15 is 0 Å². The molecule has 2 fully saturated rings. The molecule has 22 heavy (non-hydrogen) atoms. The summed E-state index contributed by atoms with van der Waals surface area (Å²) in [6, 6.07) is 0. The van der Waals surface area contributed by atoms with Crippen molar-refractivity contribution in [1.82, 2.24) is 16.0 Å². The van der Waals surface area contributed by atoms with Gasteiger partial charge in [0.1, 0.15) is 0 Å². The first-order valence-electron chi connectivity index (χ1n) is 8.48. The zero-order valence-electron chi connectivity index (χ0n) is 13.4.